The van der Waals surface area contributed by atoms with Gasteiger partial charge in [-0.25, -0.2) is 0 Å². The van der Waals surface area contributed by atoms with Crippen molar-refractivity contribution in [3.05, 3.63) is 71.8 Å². The Bertz CT molecular complexity index is 677. The van der Waals surface area contributed by atoms with Crippen LogP contribution in [0.5, 0.6) is 5.75 Å². The smallest absolute Gasteiger partial charge is 0.119 e. The summed E-state index contributed by atoms with van der Waals surface area (Å²) in [5, 5.41) is 3.74. The number of methoxy groups -OCH3 is 1. The molecular formula is C19H19NO. The first-order chi connectivity index (χ1) is 10.4. The van der Waals surface area contributed by atoms with Crippen LogP contribution in [0.1, 0.15) is 29.5 Å². The molecule has 1 aliphatic carbocycles. The van der Waals surface area contributed by atoms with Crippen LogP contribution in [0.4, 0.5) is 5.69 Å². The zero-order chi connectivity index (χ0) is 14.2. The third-order valence-electron chi connectivity index (χ3n) is 4.73. The van der Waals surface area contributed by atoms with Crippen LogP contribution in [0.15, 0.2) is 60.7 Å². The lowest BCUT2D eigenvalue weighted by molar-refractivity contribution is 0.405. The van der Waals surface area contributed by atoms with E-state index in [2.05, 4.69) is 59.9 Å². The van der Waals surface area contributed by atoms with Crippen LogP contribution in [0.25, 0.3) is 0 Å². The second-order valence-electron chi connectivity index (χ2n) is 5.84. The largest absolute Gasteiger partial charge is 0.497 e. The molecule has 0 fully saturated rings. The minimum Gasteiger partial charge on any atom is -0.497 e. The van der Waals surface area contributed by atoms with Crippen LogP contribution in [0.3, 0.4) is 0 Å². The number of anilines is 1. The first-order valence-electron chi connectivity index (χ1n) is 7.53. The number of hydrogen-bond donors (Lipinski definition) is 1. The Morgan fingerprint density at radius 2 is 1.95 bits per heavy atom. The molecule has 1 heterocycles. The summed E-state index contributed by atoms with van der Waals surface area (Å²) in [7, 11) is 1.73. The zero-order valence-corrected chi connectivity index (χ0v) is 12.1. The number of nitrogens with one attached hydrogen (secondary N) is 1. The Labute approximate surface area is 125 Å². The highest BCUT2D eigenvalue weighted by Crippen LogP contribution is 2.50. The third kappa shape index (κ3) is 2.02. The van der Waals surface area contributed by atoms with Gasteiger partial charge < -0.3 is 10.1 Å². The molecule has 0 amide bonds. The quantitative estimate of drug-likeness (QED) is 0.815. The summed E-state index contributed by atoms with van der Waals surface area (Å²) in [5.41, 5.74) is 3.97. The highest BCUT2D eigenvalue weighted by Gasteiger charge is 2.37. The molecule has 2 aromatic rings. The van der Waals surface area contributed by atoms with Crippen LogP contribution in [-0.4, -0.2) is 7.11 Å². The van der Waals surface area contributed by atoms with E-state index in [1.54, 1.807) is 7.11 Å². The van der Waals surface area contributed by atoms with E-state index in [1.165, 1.54) is 16.8 Å². The van der Waals surface area contributed by atoms with Gasteiger partial charge in [-0.15, -0.1) is 0 Å². The Morgan fingerprint density at radius 1 is 1.10 bits per heavy atom. The van der Waals surface area contributed by atoms with Gasteiger partial charge in [0.2, 0.25) is 0 Å². The van der Waals surface area contributed by atoms with Crippen LogP contribution in [-0.2, 0) is 0 Å². The maximum absolute atomic E-state index is 5.39. The first kappa shape index (κ1) is 12.5. The van der Waals surface area contributed by atoms with Crippen molar-refractivity contribution in [2.24, 2.45) is 5.92 Å². The van der Waals surface area contributed by atoms with E-state index in [-0.39, 0.29) is 0 Å². The fraction of sp³-hybridized carbons (Fsp3) is 0.263. The summed E-state index contributed by atoms with van der Waals surface area (Å²) < 4.78 is 5.39. The lowest BCUT2D eigenvalue weighted by Crippen LogP contribution is -2.28. The predicted molar refractivity (Wildman–Crippen MR) is 85.8 cm³/mol. The average molecular weight is 277 g/mol. The summed E-state index contributed by atoms with van der Waals surface area (Å²) in [4.78, 5) is 0. The van der Waals surface area contributed by atoms with Crippen LogP contribution >= 0.6 is 0 Å². The minimum absolute atomic E-state index is 0.382. The molecule has 0 bridgehead atoms. The number of hydrogen-bond acceptors (Lipinski definition) is 2. The molecular weight excluding hydrogens is 258 g/mol. The molecule has 21 heavy (non-hydrogen) atoms. The summed E-state index contributed by atoms with van der Waals surface area (Å²) in [5.74, 6) is 2.02. The fourth-order valence-electron chi connectivity index (χ4n) is 3.69. The second kappa shape index (κ2) is 4.96. The van der Waals surface area contributed by atoms with Gasteiger partial charge in [-0.3, -0.25) is 0 Å². The fourth-order valence-corrected chi connectivity index (χ4v) is 3.69. The van der Waals surface area contributed by atoms with Crippen molar-refractivity contribution in [3.8, 4) is 5.75 Å². The van der Waals surface area contributed by atoms with Gasteiger partial charge in [-0.1, -0.05) is 42.5 Å². The van der Waals surface area contributed by atoms with Gasteiger partial charge in [0.15, 0.2) is 0 Å². The molecule has 3 atom stereocenters. The van der Waals surface area contributed by atoms with E-state index in [1.807, 2.05) is 6.07 Å². The second-order valence-corrected chi connectivity index (χ2v) is 5.84. The maximum Gasteiger partial charge on any atom is 0.119 e. The predicted octanol–water partition coefficient (Wildman–Crippen LogP) is 4.52. The molecule has 0 spiro atoms. The van der Waals surface area contributed by atoms with Crippen molar-refractivity contribution in [2.75, 3.05) is 12.4 Å². The van der Waals surface area contributed by atoms with Gasteiger partial charge >= 0.3 is 0 Å². The van der Waals surface area contributed by atoms with Gasteiger partial charge in [-0.05, 0) is 41.7 Å². The first-order valence-corrected chi connectivity index (χ1v) is 7.53. The topological polar surface area (TPSA) is 21.3 Å². The van der Waals surface area contributed by atoms with Gasteiger partial charge in [0.25, 0.3) is 0 Å². The molecule has 0 radical (unpaired) electrons. The van der Waals surface area contributed by atoms with Crippen molar-refractivity contribution in [3.63, 3.8) is 0 Å². The van der Waals surface area contributed by atoms with Gasteiger partial charge in [0.05, 0.1) is 13.2 Å². The van der Waals surface area contributed by atoms with Crippen molar-refractivity contribution in [1.29, 1.82) is 0 Å². The highest BCUT2D eigenvalue weighted by molar-refractivity contribution is 5.61. The lowest BCUT2D eigenvalue weighted by atomic mass is 9.77. The normalized spacial score (nSPS) is 25.9. The van der Waals surface area contributed by atoms with Gasteiger partial charge in [-0.2, -0.15) is 0 Å². The van der Waals surface area contributed by atoms with Gasteiger partial charge in [0, 0.05) is 11.6 Å². The summed E-state index contributed by atoms with van der Waals surface area (Å²) >= 11 is 0. The molecule has 2 aliphatic rings. The Morgan fingerprint density at radius 3 is 2.76 bits per heavy atom. The minimum atomic E-state index is 0.382. The molecule has 1 N–H and O–H groups in total. The number of allylic oxidation sites excluding steroid dienone is 2. The van der Waals surface area contributed by atoms with E-state index in [0.29, 0.717) is 17.9 Å². The van der Waals surface area contributed by atoms with Crippen LogP contribution in [0, 0.1) is 5.92 Å². The Kier molecular flexibility index (Phi) is 2.95. The maximum atomic E-state index is 5.39. The molecule has 1 aliphatic heterocycles. The van der Waals surface area contributed by atoms with Crippen LogP contribution in [0.2, 0.25) is 0 Å². The summed E-state index contributed by atoms with van der Waals surface area (Å²) in [6.07, 6.45) is 5.81. The zero-order valence-electron chi connectivity index (χ0n) is 12.1. The van der Waals surface area contributed by atoms with Crippen molar-refractivity contribution >= 4 is 5.69 Å². The van der Waals surface area contributed by atoms with Gasteiger partial charge in [0.1, 0.15) is 5.75 Å². The van der Waals surface area contributed by atoms with E-state index in [4.69, 9.17) is 4.74 Å². The summed E-state index contributed by atoms with van der Waals surface area (Å²) in [6.45, 7) is 0. The Hall–Kier alpha value is -2.22. The SMILES string of the molecule is COc1ccc2c(c1)C1C=CCC1C(c1ccccc1)N2. The molecule has 0 saturated heterocycles. The molecule has 2 heteroatoms. The van der Waals surface area contributed by atoms with E-state index in [0.717, 1.165) is 12.2 Å². The summed E-state index contributed by atoms with van der Waals surface area (Å²) in [6, 6.07) is 17.5. The van der Waals surface area contributed by atoms with Crippen molar-refractivity contribution < 1.29 is 4.74 Å². The highest BCUT2D eigenvalue weighted by atomic mass is 16.5. The molecule has 2 aromatic carbocycles. The number of ether oxygens (including phenoxy) is 1. The molecule has 0 aromatic heterocycles. The lowest BCUT2D eigenvalue weighted by Gasteiger charge is -2.37. The van der Waals surface area contributed by atoms with Crippen molar-refractivity contribution in [1.82, 2.24) is 0 Å². The molecule has 0 saturated carbocycles. The molecule has 2 nitrogen and oxygen atoms in total. The number of benzene rings is 2. The third-order valence-corrected chi connectivity index (χ3v) is 4.73. The molecule has 3 unspecified atom stereocenters. The average Bonchev–Trinajstić information content (AvgIpc) is 3.04. The number of fused-ring (bicyclic) bond motifs is 3. The van der Waals surface area contributed by atoms with Crippen LogP contribution < -0.4 is 10.1 Å². The Balaban J connectivity index is 1.78. The molecule has 4 rings (SSSR count). The molecule has 106 valence electrons. The standard InChI is InChI=1S/C19H19NO/c1-21-14-10-11-18-17(12-14)15-8-5-9-16(15)19(20-18)13-6-3-2-4-7-13/h2-8,10-12,15-16,19-20H,9H2,1H3. The van der Waals surface area contributed by atoms with E-state index >= 15 is 0 Å². The number of rotatable bonds is 2. The monoisotopic (exact) mass is 277 g/mol. The van der Waals surface area contributed by atoms with Crippen molar-refractivity contribution in [2.45, 2.75) is 18.4 Å². The van der Waals surface area contributed by atoms with E-state index in [9.17, 15) is 0 Å². The van der Waals surface area contributed by atoms with E-state index < -0.39 is 0 Å².